The van der Waals surface area contributed by atoms with Gasteiger partial charge in [0.25, 0.3) is 5.91 Å². The Labute approximate surface area is 194 Å². The van der Waals surface area contributed by atoms with Crippen LogP contribution in [-0.2, 0) is 9.59 Å². The molecule has 0 atom stereocenters. The number of halogens is 3. The van der Waals surface area contributed by atoms with E-state index in [2.05, 4.69) is 58.4 Å². The minimum absolute atomic E-state index is 0.0302. The van der Waals surface area contributed by atoms with Crippen LogP contribution in [0.4, 0.5) is 11.4 Å². The number of alkyl halides is 1. The van der Waals surface area contributed by atoms with E-state index in [1.165, 1.54) is 0 Å². The summed E-state index contributed by atoms with van der Waals surface area (Å²) in [5.41, 5.74) is 0.294. The molecule has 1 aliphatic heterocycles. The molecular weight excluding hydrogens is 572 g/mol. The number of carbonyl (C=O) groups excluding carboxylic acids is 2. The number of amides is 2. The van der Waals surface area contributed by atoms with Crippen LogP contribution in [0.1, 0.15) is 27.7 Å². The number of nitrogens with one attached hydrogen (secondary N) is 2. The fourth-order valence-electron chi connectivity index (χ4n) is 2.17. The largest absolute Gasteiger partial charge is 0.505 e. The Bertz CT molecular complexity index is 940. The molecule has 156 valence electrons. The summed E-state index contributed by atoms with van der Waals surface area (Å²) in [7, 11) is 0. The van der Waals surface area contributed by atoms with E-state index >= 15 is 0 Å². The molecule has 0 aromatic heterocycles. The van der Waals surface area contributed by atoms with E-state index in [0.717, 1.165) is 4.47 Å². The van der Waals surface area contributed by atoms with Crippen molar-refractivity contribution in [1.82, 2.24) is 0 Å². The average Bonchev–Trinajstić information content (AvgIpc) is 2.61. The summed E-state index contributed by atoms with van der Waals surface area (Å²) in [5, 5.41) is 15.1. The van der Waals surface area contributed by atoms with Crippen molar-refractivity contribution < 1.29 is 19.4 Å². The van der Waals surface area contributed by atoms with E-state index in [9.17, 15) is 14.7 Å². The smallest absolute Gasteiger partial charge is 0.268 e. The lowest BCUT2D eigenvalue weighted by atomic mass is 10.1. The van der Waals surface area contributed by atoms with Crippen LogP contribution >= 0.6 is 47.8 Å². The van der Waals surface area contributed by atoms with Gasteiger partial charge < -0.3 is 20.5 Å². The number of fused-ring (bicyclic) bond motifs is 1. The summed E-state index contributed by atoms with van der Waals surface area (Å²) >= 11 is 9.79. The first-order chi connectivity index (χ1) is 13.3. The highest BCUT2D eigenvalue weighted by molar-refractivity contribution is 9.11. The molecule has 1 aliphatic rings. The van der Waals surface area contributed by atoms with Gasteiger partial charge in [0.15, 0.2) is 17.1 Å². The van der Waals surface area contributed by atoms with Crippen LogP contribution in [0.15, 0.2) is 45.3 Å². The van der Waals surface area contributed by atoms with Crippen LogP contribution in [0.3, 0.4) is 0 Å². The second kappa shape index (κ2) is 9.06. The zero-order valence-electron chi connectivity index (χ0n) is 16.3. The number of hydrogen-bond acceptors (Lipinski definition) is 4. The van der Waals surface area contributed by atoms with Crippen LogP contribution in [-0.4, -0.2) is 26.8 Å². The number of phenolic OH excluding ortho intramolecular Hbond substituents is 1. The van der Waals surface area contributed by atoms with E-state index in [1.807, 2.05) is 18.2 Å². The van der Waals surface area contributed by atoms with Gasteiger partial charge in [0.1, 0.15) is 0 Å². The molecule has 0 fully saturated rings. The summed E-state index contributed by atoms with van der Waals surface area (Å²) in [6.45, 7) is 6.95. The van der Waals surface area contributed by atoms with Gasteiger partial charge in [-0.15, -0.1) is 0 Å². The molecule has 9 heteroatoms. The number of rotatable bonds is 2. The molecule has 0 radical (unpaired) electrons. The van der Waals surface area contributed by atoms with Gasteiger partial charge in [-0.25, -0.2) is 0 Å². The highest BCUT2D eigenvalue weighted by Crippen LogP contribution is 2.39. The SMILES string of the molecule is CC(C)(Br)C(=O)Nc1cccc(Br)c1O.CC1(C)Oc2c(Br)cccc2NC1=O. The Kier molecular flexibility index (Phi) is 7.40. The normalized spacial score (nSPS) is 14.5. The van der Waals surface area contributed by atoms with Crippen molar-refractivity contribution in [2.75, 3.05) is 10.6 Å². The Morgan fingerprint density at radius 2 is 1.72 bits per heavy atom. The molecule has 2 aromatic carbocycles. The molecule has 6 nitrogen and oxygen atoms in total. The molecule has 2 aromatic rings. The lowest BCUT2D eigenvalue weighted by Gasteiger charge is -2.32. The molecule has 0 spiro atoms. The summed E-state index contributed by atoms with van der Waals surface area (Å²) in [4.78, 5) is 23.2. The number of phenols is 1. The van der Waals surface area contributed by atoms with Gasteiger partial charge in [0.05, 0.1) is 24.6 Å². The van der Waals surface area contributed by atoms with Crippen molar-refractivity contribution in [2.45, 2.75) is 37.6 Å². The maximum Gasteiger partial charge on any atom is 0.268 e. The third kappa shape index (κ3) is 5.96. The Balaban J connectivity index is 0.000000207. The van der Waals surface area contributed by atoms with Crippen molar-refractivity contribution in [2.24, 2.45) is 0 Å². The highest BCUT2D eigenvalue weighted by atomic mass is 79.9. The number of ether oxygens (including phenoxy) is 1. The van der Waals surface area contributed by atoms with Crippen molar-refractivity contribution in [3.63, 3.8) is 0 Å². The second-order valence-electron chi connectivity index (χ2n) is 7.25. The number of anilines is 2. The summed E-state index contributed by atoms with van der Waals surface area (Å²) in [6, 6.07) is 10.6. The standard InChI is InChI=1S/C10H11Br2NO2.C10H10BrNO2/c1-10(2,12)9(15)13-7-5-3-4-6(11)8(7)14;1-10(2)9(13)12-7-5-3-4-6(11)8(7)14-10/h3-5,14H,1-2H3,(H,13,15);3-5H,1-2H3,(H,12,13). The van der Waals surface area contributed by atoms with E-state index in [1.54, 1.807) is 45.9 Å². The maximum atomic E-state index is 11.6. The number of para-hydroxylation sites is 2. The molecule has 29 heavy (non-hydrogen) atoms. The van der Waals surface area contributed by atoms with Gasteiger partial charge in [0, 0.05) is 0 Å². The van der Waals surface area contributed by atoms with Gasteiger partial charge in [0.2, 0.25) is 5.91 Å². The molecule has 3 N–H and O–H groups in total. The van der Waals surface area contributed by atoms with Crippen molar-refractivity contribution in [3.05, 3.63) is 45.3 Å². The summed E-state index contributed by atoms with van der Waals surface area (Å²) in [5.74, 6) is 0.388. The van der Waals surface area contributed by atoms with Gasteiger partial charge in [-0.1, -0.05) is 28.1 Å². The van der Waals surface area contributed by atoms with Crippen molar-refractivity contribution in [1.29, 1.82) is 0 Å². The number of carbonyl (C=O) groups is 2. The average molecular weight is 593 g/mol. The molecule has 0 bridgehead atoms. The Morgan fingerprint density at radius 3 is 2.34 bits per heavy atom. The number of benzene rings is 2. The van der Waals surface area contributed by atoms with Crippen molar-refractivity contribution in [3.8, 4) is 11.5 Å². The molecule has 0 saturated carbocycles. The lowest BCUT2D eigenvalue weighted by Crippen LogP contribution is -2.45. The zero-order chi connectivity index (χ0) is 22.0. The van der Waals surface area contributed by atoms with Crippen molar-refractivity contribution >= 4 is 71.0 Å². The lowest BCUT2D eigenvalue weighted by molar-refractivity contribution is -0.129. The molecular formula is C20H21Br3N2O4. The fourth-order valence-corrected chi connectivity index (χ4v) is 3.08. The second-order valence-corrected chi connectivity index (χ2v) is 10.9. The van der Waals surface area contributed by atoms with Crippen LogP contribution < -0.4 is 15.4 Å². The van der Waals surface area contributed by atoms with Crippen LogP contribution in [0, 0.1) is 0 Å². The summed E-state index contributed by atoms with van der Waals surface area (Å²) < 4.78 is 6.34. The molecule has 0 saturated heterocycles. The predicted molar refractivity (Wildman–Crippen MR) is 125 cm³/mol. The van der Waals surface area contributed by atoms with E-state index < -0.39 is 9.93 Å². The molecule has 3 rings (SSSR count). The minimum Gasteiger partial charge on any atom is -0.505 e. The van der Waals surface area contributed by atoms with Gasteiger partial charge in [-0.3, -0.25) is 9.59 Å². The van der Waals surface area contributed by atoms with E-state index in [0.29, 0.717) is 21.6 Å². The summed E-state index contributed by atoms with van der Waals surface area (Å²) in [6.07, 6.45) is 0. The third-order valence-electron chi connectivity index (χ3n) is 3.89. The predicted octanol–water partition coefficient (Wildman–Crippen LogP) is 5.83. The number of aromatic hydroxyl groups is 1. The minimum atomic E-state index is -0.809. The maximum absolute atomic E-state index is 11.6. The molecule has 2 amide bonds. The quantitative estimate of drug-likeness (QED) is 0.303. The number of hydrogen-bond donors (Lipinski definition) is 3. The zero-order valence-corrected chi connectivity index (χ0v) is 21.0. The van der Waals surface area contributed by atoms with E-state index in [4.69, 9.17) is 4.74 Å². The molecule has 1 heterocycles. The first-order valence-electron chi connectivity index (χ1n) is 8.60. The Hall–Kier alpha value is -1.58. The molecule has 0 aliphatic carbocycles. The molecule has 0 unspecified atom stereocenters. The van der Waals surface area contributed by atoms with Gasteiger partial charge >= 0.3 is 0 Å². The van der Waals surface area contributed by atoms with Crippen LogP contribution in [0.25, 0.3) is 0 Å². The highest BCUT2D eigenvalue weighted by Gasteiger charge is 2.36. The third-order valence-corrected chi connectivity index (χ3v) is 5.52. The van der Waals surface area contributed by atoms with E-state index in [-0.39, 0.29) is 17.6 Å². The fraction of sp³-hybridized carbons (Fsp3) is 0.300. The van der Waals surface area contributed by atoms with Gasteiger partial charge in [-0.05, 0) is 83.8 Å². The Morgan fingerprint density at radius 1 is 1.14 bits per heavy atom. The first kappa shape index (κ1) is 23.7. The van der Waals surface area contributed by atoms with Crippen LogP contribution in [0.2, 0.25) is 0 Å². The topological polar surface area (TPSA) is 87.7 Å². The van der Waals surface area contributed by atoms with Crippen LogP contribution in [0.5, 0.6) is 11.5 Å². The van der Waals surface area contributed by atoms with Gasteiger partial charge in [-0.2, -0.15) is 0 Å². The monoisotopic (exact) mass is 590 g/mol. The first-order valence-corrected chi connectivity index (χ1v) is 11.0.